The zero-order chi connectivity index (χ0) is 15.2. The predicted molar refractivity (Wildman–Crippen MR) is 91.2 cm³/mol. The van der Waals surface area contributed by atoms with Crippen molar-refractivity contribution in [2.75, 3.05) is 14.1 Å². The molecule has 1 saturated carbocycles. The molecular formula is C17H19BrN2O. The third-order valence-electron chi connectivity index (χ3n) is 3.26. The largest absolute Gasteiger partial charge is 0.303 e. The van der Waals surface area contributed by atoms with Crippen LogP contribution < -0.4 is 0 Å². The van der Waals surface area contributed by atoms with Crippen molar-refractivity contribution >= 4 is 34.0 Å². The smallest absolute Gasteiger partial charge is 0.185 e. The minimum Gasteiger partial charge on any atom is -0.303 e. The summed E-state index contributed by atoms with van der Waals surface area (Å²) in [6.07, 6.45) is 8.19. The molecule has 21 heavy (non-hydrogen) atoms. The molecule has 0 spiro atoms. The van der Waals surface area contributed by atoms with Crippen LogP contribution in [0.15, 0.2) is 51.1 Å². The highest BCUT2D eigenvalue weighted by atomic mass is 79.9. The molecule has 3 nitrogen and oxygen atoms in total. The van der Waals surface area contributed by atoms with Gasteiger partial charge in [-0.25, -0.2) is 0 Å². The molecule has 1 fully saturated rings. The summed E-state index contributed by atoms with van der Waals surface area (Å²) in [6, 6.07) is 7.99. The molecule has 1 aromatic carbocycles. The first-order chi connectivity index (χ1) is 10.1. The van der Waals surface area contributed by atoms with Gasteiger partial charge in [0, 0.05) is 35.9 Å². The van der Waals surface area contributed by atoms with Crippen LogP contribution in [0.4, 0.5) is 0 Å². The van der Waals surface area contributed by atoms with Crippen LogP contribution in [-0.4, -0.2) is 31.1 Å². The van der Waals surface area contributed by atoms with E-state index in [0.717, 1.165) is 40.4 Å². The molecule has 1 aliphatic carbocycles. The number of halogens is 1. The molecule has 0 bridgehead atoms. The average molecular weight is 347 g/mol. The van der Waals surface area contributed by atoms with Crippen molar-refractivity contribution in [2.45, 2.75) is 19.3 Å². The Morgan fingerprint density at radius 2 is 1.81 bits per heavy atom. The Morgan fingerprint density at radius 3 is 2.48 bits per heavy atom. The van der Waals surface area contributed by atoms with Crippen molar-refractivity contribution in [2.24, 2.45) is 5.10 Å². The highest BCUT2D eigenvalue weighted by molar-refractivity contribution is 9.10. The predicted octanol–water partition coefficient (Wildman–Crippen LogP) is 4.06. The maximum absolute atomic E-state index is 12.5. The van der Waals surface area contributed by atoms with Crippen molar-refractivity contribution in [1.29, 1.82) is 0 Å². The van der Waals surface area contributed by atoms with E-state index in [4.69, 9.17) is 0 Å². The fourth-order valence-electron chi connectivity index (χ4n) is 2.22. The van der Waals surface area contributed by atoms with Crippen molar-refractivity contribution in [3.05, 3.63) is 51.5 Å². The lowest BCUT2D eigenvalue weighted by molar-refractivity contribution is -0.112. The second kappa shape index (κ2) is 7.36. The molecule has 0 atom stereocenters. The summed E-state index contributed by atoms with van der Waals surface area (Å²) in [4.78, 5) is 12.5. The molecular weight excluding hydrogens is 328 g/mol. The van der Waals surface area contributed by atoms with Crippen molar-refractivity contribution in [3.8, 4) is 0 Å². The van der Waals surface area contributed by atoms with E-state index in [0.29, 0.717) is 0 Å². The zero-order valence-corrected chi connectivity index (χ0v) is 13.9. The van der Waals surface area contributed by atoms with Gasteiger partial charge in [0.2, 0.25) is 0 Å². The molecule has 4 heteroatoms. The average Bonchev–Trinajstić information content (AvgIpc) is 2.45. The molecule has 0 saturated heterocycles. The van der Waals surface area contributed by atoms with Gasteiger partial charge in [-0.15, -0.1) is 0 Å². The normalized spacial score (nSPS) is 19.7. The third kappa shape index (κ3) is 4.67. The first kappa shape index (κ1) is 15.7. The van der Waals surface area contributed by atoms with Gasteiger partial charge < -0.3 is 5.01 Å². The molecule has 110 valence electrons. The molecule has 0 N–H and O–H groups in total. The van der Waals surface area contributed by atoms with E-state index >= 15 is 0 Å². The van der Waals surface area contributed by atoms with E-state index in [-0.39, 0.29) is 5.78 Å². The number of rotatable bonds is 3. The zero-order valence-electron chi connectivity index (χ0n) is 12.3. The Balaban J connectivity index is 2.18. The Kier molecular flexibility index (Phi) is 5.51. The minimum atomic E-state index is 0.148. The lowest BCUT2D eigenvalue weighted by atomic mass is 9.88. The number of hydrogen-bond acceptors (Lipinski definition) is 3. The summed E-state index contributed by atoms with van der Waals surface area (Å²) in [5.74, 6) is 0.148. The summed E-state index contributed by atoms with van der Waals surface area (Å²) >= 11 is 3.42. The first-order valence-corrected chi connectivity index (χ1v) is 7.77. The van der Waals surface area contributed by atoms with Gasteiger partial charge in [0.1, 0.15) is 0 Å². The van der Waals surface area contributed by atoms with E-state index < -0.39 is 0 Å². The fourth-order valence-corrected chi connectivity index (χ4v) is 2.48. The van der Waals surface area contributed by atoms with E-state index in [9.17, 15) is 4.79 Å². The summed E-state index contributed by atoms with van der Waals surface area (Å²) in [5.41, 5.74) is 2.79. The van der Waals surface area contributed by atoms with Gasteiger partial charge in [-0.2, -0.15) is 5.10 Å². The van der Waals surface area contributed by atoms with Crippen LogP contribution in [0.5, 0.6) is 0 Å². The second-order valence-electron chi connectivity index (χ2n) is 5.21. The SMILES string of the molecule is CN(C)N=CC=C1CCCC(=Cc2ccc(Br)cc2)C1=O. The minimum absolute atomic E-state index is 0.148. The van der Waals surface area contributed by atoms with Gasteiger partial charge >= 0.3 is 0 Å². The lowest BCUT2D eigenvalue weighted by Gasteiger charge is -2.16. The molecule has 0 aromatic heterocycles. The van der Waals surface area contributed by atoms with Crippen LogP contribution in [0.2, 0.25) is 0 Å². The summed E-state index contributed by atoms with van der Waals surface area (Å²) in [6.45, 7) is 0. The number of hydrogen-bond donors (Lipinski definition) is 0. The van der Waals surface area contributed by atoms with Gasteiger partial charge in [0.05, 0.1) is 0 Å². The molecule has 0 heterocycles. The Morgan fingerprint density at radius 1 is 1.14 bits per heavy atom. The summed E-state index contributed by atoms with van der Waals surface area (Å²) in [7, 11) is 3.72. The van der Waals surface area contributed by atoms with E-state index in [2.05, 4.69) is 21.0 Å². The molecule has 0 aliphatic heterocycles. The molecule has 0 radical (unpaired) electrons. The van der Waals surface area contributed by atoms with E-state index in [1.54, 1.807) is 11.2 Å². The topological polar surface area (TPSA) is 32.7 Å². The maximum atomic E-state index is 12.5. The Labute approximate surface area is 134 Å². The van der Waals surface area contributed by atoms with Crippen molar-refractivity contribution < 1.29 is 4.79 Å². The number of benzene rings is 1. The summed E-state index contributed by atoms with van der Waals surface area (Å²) in [5, 5.41) is 5.84. The number of carbonyl (C=O) groups excluding carboxylic acids is 1. The maximum Gasteiger partial charge on any atom is 0.185 e. The van der Waals surface area contributed by atoms with Crippen LogP contribution >= 0.6 is 15.9 Å². The number of ketones is 1. The second-order valence-corrected chi connectivity index (χ2v) is 6.12. The van der Waals surface area contributed by atoms with E-state index in [1.807, 2.05) is 50.5 Å². The Hall–Kier alpha value is -1.68. The highest BCUT2D eigenvalue weighted by Gasteiger charge is 2.19. The quantitative estimate of drug-likeness (QED) is 0.469. The third-order valence-corrected chi connectivity index (χ3v) is 3.79. The van der Waals surface area contributed by atoms with Crippen molar-refractivity contribution in [1.82, 2.24) is 5.01 Å². The van der Waals surface area contributed by atoms with Crippen LogP contribution in [-0.2, 0) is 4.79 Å². The Bertz CT molecular complexity index is 598. The molecule has 1 aromatic rings. The van der Waals surface area contributed by atoms with Crippen molar-refractivity contribution in [3.63, 3.8) is 0 Å². The fraction of sp³-hybridized carbons (Fsp3) is 0.294. The number of Topliss-reactive ketones (excluding diaryl/α,β-unsaturated/α-hetero) is 1. The number of nitrogens with zero attached hydrogens (tertiary/aromatic N) is 2. The van der Waals surface area contributed by atoms with Gasteiger partial charge in [0.25, 0.3) is 0 Å². The lowest BCUT2D eigenvalue weighted by Crippen LogP contribution is -2.12. The van der Waals surface area contributed by atoms with Crippen LogP contribution in [0, 0.1) is 0 Å². The standard InChI is InChI=1S/C17H19BrN2O/c1-20(2)19-11-10-14-4-3-5-15(17(14)21)12-13-6-8-16(18)9-7-13/h6-12H,3-5H2,1-2H3. The van der Waals surface area contributed by atoms with Crippen LogP contribution in [0.3, 0.4) is 0 Å². The summed E-state index contributed by atoms with van der Waals surface area (Å²) < 4.78 is 1.04. The number of allylic oxidation sites excluding steroid dienone is 3. The monoisotopic (exact) mass is 346 g/mol. The molecule has 1 aliphatic rings. The number of carbonyl (C=O) groups is 1. The molecule has 0 unspecified atom stereocenters. The number of hydrazone groups is 1. The first-order valence-electron chi connectivity index (χ1n) is 6.97. The van der Waals surface area contributed by atoms with Crippen LogP contribution in [0.25, 0.3) is 6.08 Å². The van der Waals surface area contributed by atoms with E-state index in [1.165, 1.54) is 0 Å². The van der Waals surface area contributed by atoms with Gasteiger partial charge in [-0.1, -0.05) is 28.1 Å². The van der Waals surface area contributed by atoms with Gasteiger partial charge in [-0.05, 0) is 49.1 Å². The van der Waals surface area contributed by atoms with Gasteiger partial charge in [-0.3, -0.25) is 4.79 Å². The molecule has 0 amide bonds. The highest BCUT2D eigenvalue weighted by Crippen LogP contribution is 2.26. The molecule has 2 rings (SSSR count). The van der Waals surface area contributed by atoms with Gasteiger partial charge in [0.15, 0.2) is 5.78 Å². The van der Waals surface area contributed by atoms with Crippen LogP contribution in [0.1, 0.15) is 24.8 Å².